The fraction of sp³-hybridized carbons (Fsp3) is 0.588. The van der Waals surface area contributed by atoms with Crippen LogP contribution in [0.3, 0.4) is 0 Å². The van der Waals surface area contributed by atoms with Crippen molar-refractivity contribution >= 4 is 0 Å². The second-order valence-corrected chi connectivity index (χ2v) is 6.14. The first-order chi connectivity index (χ1) is 9.78. The minimum Gasteiger partial charge on any atom is -0.296 e. The van der Waals surface area contributed by atoms with E-state index in [9.17, 15) is 4.39 Å². The van der Waals surface area contributed by atoms with Gasteiger partial charge in [0.15, 0.2) is 0 Å². The SMILES string of the molecule is N#Cc1ccc(F)c(CN2CCCC3CCCCC32)c1. The molecule has 0 bridgehead atoms. The molecule has 0 N–H and O–H groups in total. The quantitative estimate of drug-likeness (QED) is 0.817. The maximum atomic E-state index is 13.9. The van der Waals surface area contributed by atoms with Crippen LogP contribution in [0.25, 0.3) is 0 Å². The van der Waals surface area contributed by atoms with Gasteiger partial charge in [0, 0.05) is 18.2 Å². The Bertz CT molecular complexity index is 518. The largest absolute Gasteiger partial charge is 0.296 e. The van der Waals surface area contributed by atoms with Crippen molar-refractivity contribution in [1.29, 1.82) is 5.26 Å². The summed E-state index contributed by atoms with van der Waals surface area (Å²) in [4.78, 5) is 2.45. The number of halogens is 1. The predicted molar refractivity (Wildman–Crippen MR) is 76.5 cm³/mol. The van der Waals surface area contributed by atoms with Crippen molar-refractivity contribution in [3.8, 4) is 6.07 Å². The maximum Gasteiger partial charge on any atom is 0.127 e. The van der Waals surface area contributed by atoms with Gasteiger partial charge in [-0.1, -0.05) is 12.8 Å². The molecular formula is C17H21FN2. The van der Waals surface area contributed by atoms with Crippen LogP contribution in [-0.2, 0) is 6.54 Å². The molecule has 1 aliphatic carbocycles. The molecule has 1 saturated heterocycles. The maximum absolute atomic E-state index is 13.9. The lowest BCUT2D eigenvalue weighted by Crippen LogP contribution is -2.46. The molecule has 106 valence electrons. The van der Waals surface area contributed by atoms with E-state index in [2.05, 4.69) is 11.0 Å². The third kappa shape index (κ3) is 2.71. The van der Waals surface area contributed by atoms with E-state index in [1.165, 1.54) is 44.6 Å². The van der Waals surface area contributed by atoms with Crippen molar-refractivity contribution in [2.45, 2.75) is 51.1 Å². The number of benzene rings is 1. The Morgan fingerprint density at radius 3 is 2.85 bits per heavy atom. The average molecular weight is 272 g/mol. The van der Waals surface area contributed by atoms with Crippen LogP contribution < -0.4 is 0 Å². The topological polar surface area (TPSA) is 27.0 Å². The Kier molecular flexibility index (Phi) is 4.03. The van der Waals surface area contributed by atoms with Crippen molar-refractivity contribution in [1.82, 2.24) is 4.90 Å². The molecule has 1 heterocycles. The number of rotatable bonds is 2. The van der Waals surface area contributed by atoms with E-state index in [1.807, 2.05) is 0 Å². The second-order valence-electron chi connectivity index (χ2n) is 6.14. The number of likely N-dealkylation sites (tertiary alicyclic amines) is 1. The van der Waals surface area contributed by atoms with Crippen molar-refractivity contribution in [2.75, 3.05) is 6.54 Å². The second kappa shape index (κ2) is 5.93. The van der Waals surface area contributed by atoms with Crippen LogP contribution in [0.2, 0.25) is 0 Å². The summed E-state index contributed by atoms with van der Waals surface area (Å²) >= 11 is 0. The molecule has 2 unspecified atom stereocenters. The number of fused-ring (bicyclic) bond motifs is 1. The van der Waals surface area contributed by atoms with Gasteiger partial charge in [0.25, 0.3) is 0 Å². The molecule has 0 radical (unpaired) electrons. The van der Waals surface area contributed by atoms with E-state index in [1.54, 1.807) is 12.1 Å². The fourth-order valence-corrected chi connectivity index (χ4v) is 3.91. The molecule has 1 aromatic carbocycles. The Hall–Kier alpha value is -1.40. The van der Waals surface area contributed by atoms with E-state index in [0.717, 1.165) is 12.5 Å². The number of hydrogen-bond donors (Lipinski definition) is 0. The summed E-state index contributed by atoms with van der Waals surface area (Å²) in [6.45, 7) is 1.72. The van der Waals surface area contributed by atoms with Crippen molar-refractivity contribution in [2.24, 2.45) is 5.92 Å². The van der Waals surface area contributed by atoms with Gasteiger partial charge in [0.2, 0.25) is 0 Å². The summed E-state index contributed by atoms with van der Waals surface area (Å²) in [6.07, 6.45) is 7.81. The third-order valence-corrected chi connectivity index (χ3v) is 4.91. The van der Waals surface area contributed by atoms with Gasteiger partial charge in [0.05, 0.1) is 11.6 Å². The Balaban J connectivity index is 1.78. The zero-order valence-electron chi connectivity index (χ0n) is 11.8. The number of piperidine rings is 1. The van der Waals surface area contributed by atoms with E-state index < -0.39 is 0 Å². The number of hydrogen-bond acceptors (Lipinski definition) is 2. The summed E-state index contributed by atoms with van der Waals surface area (Å²) < 4.78 is 13.9. The molecule has 0 amide bonds. The molecule has 0 spiro atoms. The normalized spacial score (nSPS) is 26.8. The monoisotopic (exact) mass is 272 g/mol. The van der Waals surface area contributed by atoms with Gasteiger partial charge in [-0.2, -0.15) is 5.26 Å². The first-order valence-electron chi connectivity index (χ1n) is 7.70. The molecule has 1 aromatic rings. The standard InChI is InChI=1S/C17H21FN2/c18-16-8-7-13(11-19)10-15(16)12-20-9-3-5-14-4-1-2-6-17(14)20/h7-8,10,14,17H,1-6,9,12H2. The van der Waals surface area contributed by atoms with Crippen molar-refractivity contribution < 1.29 is 4.39 Å². The molecule has 2 atom stereocenters. The molecule has 0 aromatic heterocycles. The van der Waals surface area contributed by atoms with Crippen LogP contribution in [0, 0.1) is 23.1 Å². The molecule has 20 heavy (non-hydrogen) atoms. The Morgan fingerprint density at radius 1 is 1.20 bits per heavy atom. The summed E-state index contributed by atoms with van der Waals surface area (Å²) in [5.74, 6) is 0.627. The Labute approximate surface area is 120 Å². The van der Waals surface area contributed by atoms with Crippen LogP contribution in [-0.4, -0.2) is 17.5 Å². The first kappa shape index (κ1) is 13.6. The van der Waals surface area contributed by atoms with Crippen LogP contribution in [0.5, 0.6) is 0 Å². The molecule has 3 heteroatoms. The Morgan fingerprint density at radius 2 is 2.00 bits per heavy atom. The highest BCUT2D eigenvalue weighted by molar-refractivity contribution is 5.33. The summed E-state index contributed by atoms with van der Waals surface area (Å²) in [5, 5.41) is 8.96. The van der Waals surface area contributed by atoms with Crippen LogP contribution >= 0.6 is 0 Å². The third-order valence-electron chi connectivity index (χ3n) is 4.91. The molecule has 3 rings (SSSR count). The first-order valence-corrected chi connectivity index (χ1v) is 7.70. The zero-order valence-corrected chi connectivity index (χ0v) is 11.8. The predicted octanol–water partition coefficient (Wildman–Crippen LogP) is 3.85. The van der Waals surface area contributed by atoms with Crippen molar-refractivity contribution in [3.05, 3.63) is 35.1 Å². The molecular weight excluding hydrogens is 251 g/mol. The van der Waals surface area contributed by atoms with Gasteiger partial charge in [-0.05, 0) is 56.3 Å². The van der Waals surface area contributed by atoms with Crippen LogP contribution in [0.1, 0.15) is 49.7 Å². The molecule has 2 aliphatic rings. The van der Waals surface area contributed by atoms with Gasteiger partial charge < -0.3 is 0 Å². The smallest absolute Gasteiger partial charge is 0.127 e. The van der Waals surface area contributed by atoms with Gasteiger partial charge in [0.1, 0.15) is 5.82 Å². The van der Waals surface area contributed by atoms with E-state index >= 15 is 0 Å². The highest BCUT2D eigenvalue weighted by atomic mass is 19.1. The van der Waals surface area contributed by atoms with Gasteiger partial charge in [-0.25, -0.2) is 4.39 Å². The highest BCUT2D eigenvalue weighted by Gasteiger charge is 2.33. The number of nitriles is 1. The lowest BCUT2D eigenvalue weighted by atomic mass is 9.78. The van der Waals surface area contributed by atoms with E-state index in [0.29, 0.717) is 23.7 Å². The lowest BCUT2D eigenvalue weighted by Gasteiger charge is -2.44. The van der Waals surface area contributed by atoms with Gasteiger partial charge in [-0.15, -0.1) is 0 Å². The zero-order chi connectivity index (χ0) is 13.9. The minimum absolute atomic E-state index is 0.179. The summed E-state index contributed by atoms with van der Waals surface area (Å²) in [6, 6.07) is 7.42. The highest BCUT2D eigenvalue weighted by Crippen LogP contribution is 2.36. The van der Waals surface area contributed by atoms with E-state index in [-0.39, 0.29) is 5.82 Å². The molecule has 2 fully saturated rings. The van der Waals surface area contributed by atoms with Gasteiger partial charge in [-0.3, -0.25) is 4.90 Å². The van der Waals surface area contributed by atoms with Crippen LogP contribution in [0.4, 0.5) is 4.39 Å². The minimum atomic E-state index is -0.179. The van der Waals surface area contributed by atoms with Gasteiger partial charge >= 0.3 is 0 Å². The lowest BCUT2D eigenvalue weighted by molar-refractivity contribution is 0.0539. The number of nitrogens with zero attached hydrogens (tertiary/aromatic N) is 2. The average Bonchev–Trinajstić information content (AvgIpc) is 2.50. The fourth-order valence-electron chi connectivity index (χ4n) is 3.91. The molecule has 1 saturated carbocycles. The molecule has 2 nitrogen and oxygen atoms in total. The molecule has 1 aliphatic heterocycles. The van der Waals surface area contributed by atoms with Crippen molar-refractivity contribution in [3.63, 3.8) is 0 Å². The van der Waals surface area contributed by atoms with E-state index in [4.69, 9.17) is 5.26 Å². The summed E-state index contributed by atoms with van der Waals surface area (Å²) in [5.41, 5.74) is 1.23. The van der Waals surface area contributed by atoms with Crippen LogP contribution in [0.15, 0.2) is 18.2 Å². The summed E-state index contributed by atoms with van der Waals surface area (Å²) in [7, 11) is 0.